The van der Waals surface area contributed by atoms with Crippen LogP contribution in [0.1, 0.15) is 40.9 Å². The third kappa shape index (κ3) is 9.67. The molecule has 13 heteroatoms. The van der Waals surface area contributed by atoms with E-state index in [0.29, 0.717) is 29.0 Å². The van der Waals surface area contributed by atoms with E-state index in [1.54, 1.807) is 0 Å². The van der Waals surface area contributed by atoms with E-state index in [-0.39, 0.29) is 11.2 Å². The molecule has 36 rings (SSSR count). The molecular formula is C130H72N12O. The van der Waals surface area contributed by atoms with Crippen molar-refractivity contribution in [3.63, 3.8) is 0 Å². The highest BCUT2D eigenvalue weighted by Crippen LogP contribution is 2.56. The highest BCUT2D eigenvalue weighted by Gasteiger charge is 2.38. The second-order valence-corrected chi connectivity index (χ2v) is 39.7. The Morgan fingerprint density at radius 1 is 0.189 bits per heavy atom. The molecule has 0 saturated carbocycles. The summed E-state index contributed by atoms with van der Waals surface area (Å²) in [5.74, 6) is 2.02. The molecule has 0 amide bonds. The lowest BCUT2D eigenvalue weighted by Gasteiger charge is -2.34. The van der Waals surface area contributed by atoms with Crippen molar-refractivity contribution in [1.82, 2.24) is 56.8 Å². The van der Waals surface area contributed by atoms with Crippen LogP contribution in [0.3, 0.4) is 0 Å². The molecule has 3 aliphatic rings. The molecule has 12 heterocycles. The fourth-order valence-electron chi connectivity index (χ4n) is 26.4. The summed E-state index contributed by atoms with van der Waals surface area (Å²) in [6.45, 7) is 4.63. The van der Waals surface area contributed by atoms with Crippen LogP contribution in [0.5, 0.6) is 0 Å². The zero-order valence-corrected chi connectivity index (χ0v) is 76.9. The molecule has 21 aromatic carbocycles. The van der Waals surface area contributed by atoms with Crippen LogP contribution in [0.25, 0.3) is 307 Å². The maximum Gasteiger partial charge on any atom is 0.235 e. The van der Waals surface area contributed by atoms with Gasteiger partial charge in [-0.1, -0.05) is 305 Å². The van der Waals surface area contributed by atoms with Gasteiger partial charge in [-0.3, -0.25) is 18.5 Å². The number of fused-ring (bicyclic) bond motifs is 40. The Bertz CT molecular complexity index is 11700. The normalized spacial score (nSPS) is 13.3. The number of aromatic nitrogens is 12. The van der Waals surface area contributed by atoms with E-state index in [1.165, 1.54) is 207 Å². The molecule has 143 heavy (non-hydrogen) atoms. The van der Waals surface area contributed by atoms with Crippen LogP contribution in [0.4, 0.5) is 0 Å². The number of rotatable bonds is 3. The quantitative estimate of drug-likeness (QED) is 0.173. The topological polar surface area (TPSA) is 122 Å². The van der Waals surface area contributed by atoms with Crippen molar-refractivity contribution in [2.75, 3.05) is 0 Å². The smallest absolute Gasteiger partial charge is 0.235 e. The molecule has 12 aromatic heterocycles. The van der Waals surface area contributed by atoms with Gasteiger partial charge in [0.15, 0.2) is 5.78 Å². The Labute approximate surface area is 811 Å². The first-order chi connectivity index (χ1) is 70.6. The molecule has 3 aliphatic carbocycles. The Morgan fingerprint density at radius 3 is 0.902 bits per heavy atom. The van der Waals surface area contributed by atoms with Crippen molar-refractivity contribution in [2.45, 2.75) is 19.3 Å². The number of ketones is 1. The number of para-hydroxylation sites is 6. The van der Waals surface area contributed by atoms with Gasteiger partial charge < -0.3 is 13.2 Å². The first-order valence-electron chi connectivity index (χ1n) is 49.0. The van der Waals surface area contributed by atoms with Gasteiger partial charge in [0.2, 0.25) is 17.8 Å². The summed E-state index contributed by atoms with van der Waals surface area (Å²) >= 11 is 0. The van der Waals surface area contributed by atoms with Crippen LogP contribution in [-0.2, 0) is 5.41 Å². The Hall–Kier alpha value is -19.1. The van der Waals surface area contributed by atoms with E-state index in [0.717, 1.165) is 93.8 Å². The van der Waals surface area contributed by atoms with Crippen LogP contribution in [0.15, 0.2) is 400 Å². The molecular weight excluding hydrogens is 1750 g/mol. The molecule has 0 saturated heterocycles. The van der Waals surface area contributed by atoms with Crippen LogP contribution in [0.2, 0.25) is 0 Å². The first kappa shape index (κ1) is 76.0. The van der Waals surface area contributed by atoms with Crippen molar-refractivity contribution >= 4 is 251 Å². The van der Waals surface area contributed by atoms with Gasteiger partial charge in [0, 0.05) is 146 Å². The summed E-state index contributed by atoms with van der Waals surface area (Å²) in [6.07, 6.45) is 0. The van der Waals surface area contributed by atoms with Gasteiger partial charge in [0.1, 0.15) is 0 Å². The van der Waals surface area contributed by atoms with Gasteiger partial charge in [-0.25, -0.2) is 29.9 Å². The van der Waals surface area contributed by atoms with E-state index in [9.17, 15) is 4.79 Å². The molecule has 13 nitrogen and oxygen atoms in total. The maximum atomic E-state index is 13.6. The van der Waals surface area contributed by atoms with Crippen LogP contribution in [0, 0.1) is 0 Å². The summed E-state index contributed by atoms with van der Waals surface area (Å²) in [5.41, 5.74) is 32.6. The molecule has 0 unspecified atom stereocenters. The lowest BCUT2D eigenvalue weighted by Crippen LogP contribution is -2.24. The standard InChI is InChI=1S/C45H28N4.C43H22N4O.C42H22N4/c1-45(2)32-17-8-5-15-28(32)42-41-33(45)18-11-19-34(41)46-44(47-42)49-36-21-10-7-16-29(36)39-38(49)24-30-27-14-6-9-20-35(27)48-37-23-26-13-4-3-12-25(26)22-31(37)40(39)43(30)48;48-42-27-14-4-3-13-26(27)40-37-29(42)16-9-17-32(37)44-43(45-40)47-34-19-8-6-15-28(34)38-36(47)22-30-25-12-5-7-18-33(25)46-35-21-24-11-2-1-10-23(24)20-31(35)39(38)41(30)46;1-2-11-24-21-35-31(20-23(24)10-1)39-38-29-15-6-8-19-34(29)46(36(38)22-30-26-13-5-7-18-33(26)45(35)41(30)39)42-43-32-17-9-16-27-25-12-3-4-14-28(25)40(44-42)37(27)32/h3-24H,1-2H3;1-22H;1-22H. The number of carbonyl (C=O) groups is 1. The average molecular weight is 1820 g/mol. The number of hydrogen-bond donors (Lipinski definition) is 0. The molecule has 33 aromatic rings. The third-order valence-corrected chi connectivity index (χ3v) is 32.3. The van der Waals surface area contributed by atoms with Crippen molar-refractivity contribution in [1.29, 1.82) is 0 Å². The molecule has 658 valence electrons. The van der Waals surface area contributed by atoms with Crippen LogP contribution < -0.4 is 0 Å². The SMILES string of the molecule is CC1(C)c2ccccc2-c2nc(-n3c4ccccc4c4c5c6cc7ccccc7cc6n6c7ccccc7c(cc43)c56)nc3cccc1c23.O=C1c2ccccc2-c2nc(-n3c4ccccc4c4c5c6cc7ccccc7cc6n6c7ccccc7c(cc43)c56)nc3cccc1c23.c1ccc2c(c1)-c1cccc3nc(-n4c5ccccc5c5c6c7cc8ccccc8cc7n7c8ccccc8c(cc54)c67)nc-2c13. The number of hydrogen-bond acceptors (Lipinski definition) is 7. The molecule has 0 fully saturated rings. The van der Waals surface area contributed by atoms with Gasteiger partial charge in [-0.15, -0.1) is 0 Å². The summed E-state index contributed by atoms with van der Waals surface area (Å²) in [6, 6.07) is 144. The van der Waals surface area contributed by atoms with E-state index < -0.39 is 0 Å². The van der Waals surface area contributed by atoms with Crippen LogP contribution >= 0.6 is 0 Å². The number of nitrogens with zero attached hydrogens (tertiary/aromatic N) is 12. The third-order valence-electron chi connectivity index (χ3n) is 32.3. The zero-order valence-electron chi connectivity index (χ0n) is 76.9. The van der Waals surface area contributed by atoms with E-state index in [2.05, 4.69) is 399 Å². The average Bonchev–Trinajstić information content (AvgIpc) is 1.51. The van der Waals surface area contributed by atoms with Crippen molar-refractivity contribution in [3.8, 4) is 62.7 Å². The highest BCUT2D eigenvalue weighted by molar-refractivity contribution is 6.41. The summed E-state index contributed by atoms with van der Waals surface area (Å²) in [5, 5.41) is 32.9. The summed E-state index contributed by atoms with van der Waals surface area (Å²) in [7, 11) is 0. The predicted octanol–water partition coefficient (Wildman–Crippen LogP) is 32.3. The molecule has 0 spiro atoms. The van der Waals surface area contributed by atoms with E-state index >= 15 is 0 Å². The monoisotopic (exact) mass is 1820 g/mol. The van der Waals surface area contributed by atoms with E-state index in [1.807, 2.05) is 42.5 Å². The lowest BCUT2D eigenvalue weighted by molar-refractivity contribution is 0.104. The zero-order chi connectivity index (χ0) is 93.1. The Balaban J connectivity index is 0.0000000929. The minimum atomic E-state index is -0.150. The summed E-state index contributed by atoms with van der Waals surface area (Å²) in [4.78, 5) is 45.7. The second kappa shape index (κ2) is 27.0. The predicted molar refractivity (Wildman–Crippen MR) is 589 cm³/mol. The van der Waals surface area contributed by atoms with Gasteiger partial charge in [0.05, 0.1) is 116 Å². The molecule has 0 atom stereocenters. The highest BCUT2D eigenvalue weighted by atomic mass is 16.1. The fraction of sp³-hybridized carbons (Fsp3) is 0.0231. The number of benzene rings is 21. The molecule has 0 bridgehead atoms. The number of carbonyl (C=O) groups excluding carboxylic acids is 1. The maximum absolute atomic E-state index is 13.6. The molecule has 0 aliphatic heterocycles. The van der Waals surface area contributed by atoms with Gasteiger partial charge in [0.25, 0.3) is 0 Å². The largest absolute Gasteiger partial charge is 0.308 e. The molecule has 0 radical (unpaired) electrons. The van der Waals surface area contributed by atoms with Crippen molar-refractivity contribution in [3.05, 3.63) is 423 Å². The van der Waals surface area contributed by atoms with Gasteiger partial charge in [-0.2, -0.15) is 0 Å². The van der Waals surface area contributed by atoms with Gasteiger partial charge >= 0.3 is 0 Å². The second-order valence-electron chi connectivity index (χ2n) is 39.7. The van der Waals surface area contributed by atoms with E-state index in [4.69, 9.17) is 29.9 Å². The van der Waals surface area contributed by atoms with Gasteiger partial charge in [-0.05, 0) is 164 Å². The minimum Gasteiger partial charge on any atom is -0.308 e. The van der Waals surface area contributed by atoms with Crippen molar-refractivity contribution in [2.24, 2.45) is 0 Å². The van der Waals surface area contributed by atoms with Crippen LogP contribution in [-0.4, -0.2) is 62.6 Å². The molecule has 0 N–H and O–H groups in total. The fourth-order valence-corrected chi connectivity index (χ4v) is 26.4. The summed E-state index contributed by atoms with van der Waals surface area (Å²) < 4.78 is 14.3. The Kier molecular flexibility index (Phi) is 14.4. The van der Waals surface area contributed by atoms with Crippen molar-refractivity contribution < 1.29 is 4.79 Å². The lowest BCUT2D eigenvalue weighted by atomic mass is 9.70. The Morgan fingerprint density at radius 2 is 0.483 bits per heavy atom. The first-order valence-corrected chi connectivity index (χ1v) is 49.0. The minimum absolute atomic E-state index is 0.0184.